The number of carbonyl (C=O) groups excluding carboxylic acids is 1. The summed E-state index contributed by atoms with van der Waals surface area (Å²) in [6, 6.07) is 0. The Kier molecular flexibility index (Phi) is 24.8. The second-order valence-corrected chi connectivity index (χ2v) is 0.492. The number of carboxylic acid groups (broad SMARTS) is 1. The van der Waals surface area contributed by atoms with E-state index in [9.17, 15) is 0 Å². The Hall–Kier alpha value is -0.0505. The van der Waals surface area contributed by atoms with Crippen LogP contribution in [0, 0.1) is 0 Å². The molecule has 1 N–H and O–H groups in total. The van der Waals surface area contributed by atoms with E-state index in [-0.39, 0.29) is 22.5 Å². The molecule has 6 heavy (non-hydrogen) atoms. The smallest absolute Gasteiger partial charge is 0.870 e. The fourth-order valence-electron chi connectivity index (χ4n) is 0. The molecule has 0 unspecified atom stereocenters. The van der Waals surface area contributed by atoms with E-state index in [4.69, 9.17) is 9.90 Å². The molecule has 3 nitrogen and oxygen atoms in total. The zero-order valence-electron chi connectivity index (χ0n) is 3.14. The molecule has 0 bridgehead atoms. The van der Waals surface area contributed by atoms with Crippen molar-refractivity contribution in [3.8, 4) is 0 Å². The topological polar surface area (TPSA) is 70.1 Å². The van der Waals surface area contributed by atoms with E-state index >= 15 is 0 Å². The third-order valence-electron chi connectivity index (χ3n) is 0. The van der Waals surface area contributed by atoms with E-state index in [2.05, 4.69) is 0 Å². The minimum absolute atomic E-state index is 0. The predicted molar refractivity (Wildman–Crippen MR) is 12.6 cm³/mol. The number of hydrogen-bond acceptors (Lipinski definition) is 3. The summed E-state index contributed by atoms with van der Waals surface area (Å²) < 4.78 is 0. The van der Waals surface area contributed by atoms with Crippen LogP contribution in [-0.2, 0) is 21.9 Å². The first-order chi connectivity index (χ1) is 1.73. The van der Waals surface area contributed by atoms with Gasteiger partial charge in [0.2, 0.25) is 0 Å². The Labute approximate surface area is 46.1 Å². The maximum Gasteiger partial charge on any atom is 2.00 e. The van der Waals surface area contributed by atoms with Gasteiger partial charge in [0.1, 0.15) is 0 Å². The molecule has 4 heteroatoms. The van der Waals surface area contributed by atoms with Crippen molar-refractivity contribution < 1.29 is 32.4 Å². The van der Waals surface area contributed by atoms with Crippen molar-refractivity contribution >= 4 is 5.97 Å². The Morgan fingerprint density at radius 3 is 1.67 bits per heavy atom. The second kappa shape index (κ2) is 8.87. The third kappa shape index (κ3) is 13500. The molecule has 0 aromatic heterocycles. The third-order valence-corrected chi connectivity index (χ3v) is 0. The normalized spacial score (nSPS) is 4.17. The first-order valence-electron chi connectivity index (χ1n) is 0.908. The maximum absolute atomic E-state index is 8.89. The van der Waals surface area contributed by atoms with Crippen molar-refractivity contribution in [3.05, 3.63) is 0 Å². The van der Waals surface area contributed by atoms with Gasteiger partial charge in [0.25, 0.3) is 0 Å². The summed E-state index contributed by atoms with van der Waals surface area (Å²) in [6.07, 6.45) is 0. The van der Waals surface area contributed by atoms with Crippen LogP contribution in [-0.4, -0.2) is 11.4 Å². The van der Waals surface area contributed by atoms with Crippen molar-refractivity contribution in [2.24, 2.45) is 0 Å². The van der Waals surface area contributed by atoms with Crippen molar-refractivity contribution in [1.82, 2.24) is 0 Å². The summed E-state index contributed by atoms with van der Waals surface area (Å²) in [5, 5.41) is 8.89. The predicted octanol–water partition coefficient (Wildman–Crippen LogP) is -1.42. The quantitative estimate of drug-likeness (QED) is 0.378. The number of carbonyl (C=O) groups is 1. The number of rotatable bonds is 0. The molecular formula is C2H4MnO3. The molecule has 0 aliphatic carbocycles. The van der Waals surface area contributed by atoms with Gasteiger partial charge in [0, 0.05) is 5.97 Å². The average molecular weight is 131 g/mol. The van der Waals surface area contributed by atoms with Crippen LogP contribution in [0.2, 0.25) is 0 Å². The van der Waals surface area contributed by atoms with Crippen LogP contribution in [0.15, 0.2) is 0 Å². The molecule has 0 saturated heterocycles. The van der Waals surface area contributed by atoms with E-state index in [0.29, 0.717) is 0 Å². The fourth-order valence-corrected chi connectivity index (χ4v) is 0. The van der Waals surface area contributed by atoms with Crippen LogP contribution in [0.3, 0.4) is 0 Å². The summed E-state index contributed by atoms with van der Waals surface area (Å²) in [4.78, 5) is 8.89. The zero-order valence-corrected chi connectivity index (χ0v) is 4.32. The minimum Gasteiger partial charge on any atom is -0.870 e. The summed E-state index contributed by atoms with van der Waals surface area (Å²) in [5.74, 6) is -1.08. The molecule has 0 fully saturated rings. The number of hydrogen-bond donors (Lipinski definition) is 0. The fraction of sp³-hybridized carbons (Fsp3) is 0.500. The van der Waals surface area contributed by atoms with Gasteiger partial charge in [-0.2, -0.15) is 0 Å². The van der Waals surface area contributed by atoms with Crippen molar-refractivity contribution in [3.63, 3.8) is 0 Å². The minimum atomic E-state index is -1.08. The molecule has 0 rings (SSSR count). The molecule has 0 atom stereocenters. The molecule has 0 saturated carbocycles. The Morgan fingerprint density at radius 2 is 1.67 bits per heavy atom. The maximum atomic E-state index is 8.89. The SMILES string of the molecule is CC(=O)[O-].[Mn+2].[OH-]. The second-order valence-electron chi connectivity index (χ2n) is 0.492. The van der Waals surface area contributed by atoms with Gasteiger partial charge in [-0.1, -0.05) is 0 Å². The molecule has 0 amide bonds. The van der Waals surface area contributed by atoms with E-state index < -0.39 is 5.97 Å². The van der Waals surface area contributed by atoms with E-state index in [1.807, 2.05) is 0 Å². The van der Waals surface area contributed by atoms with Crippen molar-refractivity contribution in [2.45, 2.75) is 6.92 Å². The van der Waals surface area contributed by atoms with Crippen molar-refractivity contribution in [1.29, 1.82) is 0 Å². The molecule has 0 aliphatic rings. The Bertz CT molecular complexity index is 31.8. The molecule has 0 aromatic rings. The molecule has 0 heterocycles. The zero-order chi connectivity index (χ0) is 3.58. The number of carboxylic acids is 1. The van der Waals surface area contributed by atoms with Gasteiger partial charge >= 0.3 is 17.1 Å². The van der Waals surface area contributed by atoms with Gasteiger partial charge in [-0.3, -0.25) is 0 Å². The van der Waals surface area contributed by atoms with Crippen LogP contribution < -0.4 is 5.11 Å². The van der Waals surface area contributed by atoms with Gasteiger partial charge in [-0.25, -0.2) is 0 Å². The molecule has 1 radical (unpaired) electrons. The number of aliphatic carboxylic acids is 1. The Morgan fingerprint density at radius 1 is 1.67 bits per heavy atom. The van der Waals surface area contributed by atoms with E-state index in [0.717, 1.165) is 6.92 Å². The van der Waals surface area contributed by atoms with Crippen LogP contribution in [0.25, 0.3) is 0 Å². The van der Waals surface area contributed by atoms with Crippen molar-refractivity contribution in [2.75, 3.05) is 0 Å². The van der Waals surface area contributed by atoms with Gasteiger partial charge in [0.05, 0.1) is 0 Å². The van der Waals surface area contributed by atoms with E-state index in [1.54, 1.807) is 0 Å². The van der Waals surface area contributed by atoms with Gasteiger partial charge in [0.15, 0.2) is 0 Å². The van der Waals surface area contributed by atoms with E-state index in [1.165, 1.54) is 0 Å². The van der Waals surface area contributed by atoms with Gasteiger partial charge in [-0.15, -0.1) is 0 Å². The first-order valence-corrected chi connectivity index (χ1v) is 0.908. The average Bonchev–Trinajstić information content (AvgIpc) is 0.811. The summed E-state index contributed by atoms with van der Waals surface area (Å²) in [5.41, 5.74) is 0. The Balaban J connectivity index is -0.0000000450. The molecular weight excluding hydrogens is 127 g/mol. The summed E-state index contributed by atoms with van der Waals surface area (Å²) in [6.45, 7) is 0.972. The largest absolute Gasteiger partial charge is 2.00 e. The summed E-state index contributed by atoms with van der Waals surface area (Å²) >= 11 is 0. The van der Waals surface area contributed by atoms with Crippen LogP contribution in [0.4, 0.5) is 0 Å². The van der Waals surface area contributed by atoms with Gasteiger partial charge in [-0.05, 0) is 6.92 Å². The summed E-state index contributed by atoms with van der Waals surface area (Å²) in [7, 11) is 0. The standard InChI is InChI=1S/C2H4O2.Mn.H2O/c1-2(3)4;;/h1H3,(H,3,4);;1H2/q;+2;/p-2. The van der Waals surface area contributed by atoms with Gasteiger partial charge < -0.3 is 15.4 Å². The molecule has 0 spiro atoms. The van der Waals surface area contributed by atoms with Crippen LogP contribution in [0.1, 0.15) is 6.92 Å². The van der Waals surface area contributed by atoms with Crippen LogP contribution >= 0.6 is 0 Å². The monoisotopic (exact) mass is 131 g/mol. The molecule has 0 aromatic carbocycles. The van der Waals surface area contributed by atoms with Crippen LogP contribution in [0.5, 0.6) is 0 Å². The molecule has 37 valence electrons. The molecule has 0 aliphatic heterocycles. The first kappa shape index (κ1) is 16.8.